The van der Waals surface area contributed by atoms with Crippen LogP contribution < -0.4 is 11.1 Å². The Morgan fingerprint density at radius 3 is 2.79 bits per heavy atom. The van der Waals surface area contributed by atoms with Gasteiger partial charge < -0.3 is 21.0 Å². The highest BCUT2D eigenvalue weighted by Gasteiger charge is 2.27. The third-order valence-electron chi connectivity index (χ3n) is 3.13. The lowest BCUT2D eigenvalue weighted by molar-refractivity contribution is -0.125. The molecule has 2 atom stereocenters. The van der Waals surface area contributed by atoms with Gasteiger partial charge in [-0.1, -0.05) is 35.5 Å². The van der Waals surface area contributed by atoms with Gasteiger partial charge in [-0.25, -0.2) is 0 Å². The van der Waals surface area contributed by atoms with E-state index < -0.39 is 6.04 Å². The molecular weight excluding hydrogens is 246 g/mol. The molecule has 4 N–H and O–H groups in total. The number of carbonyl (C=O) groups excluding carboxylic acids is 1. The standard InChI is InChI=1S/C13H17N3O3/c14-12(16-18)11(9-4-2-1-3-5-9)15-13(17)10-6-7-19-8-10/h1-5,10-11,18H,6-8H2,(H2,14,16)(H,15,17). The Bertz CT molecular complexity index is 455. The van der Waals surface area contributed by atoms with E-state index >= 15 is 0 Å². The number of benzene rings is 1. The molecule has 2 unspecified atom stereocenters. The zero-order chi connectivity index (χ0) is 13.7. The monoisotopic (exact) mass is 263 g/mol. The SMILES string of the molecule is NC(=NO)C(NC(=O)C1CCOC1)c1ccccc1. The van der Waals surface area contributed by atoms with Crippen molar-refractivity contribution in [3.05, 3.63) is 35.9 Å². The Kier molecular flexibility index (Phi) is 4.35. The molecule has 1 aliphatic rings. The Balaban J connectivity index is 2.12. The Morgan fingerprint density at radius 1 is 1.47 bits per heavy atom. The van der Waals surface area contributed by atoms with Crippen molar-refractivity contribution in [2.24, 2.45) is 16.8 Å². The maximum atomic E-state index is 12.1. The summed E-state index contributed by atoms with van der Waals surface area (Å²) in [5.74, 6) is -0.353. The van der Waals surface area contributed by atoms with Gasteiger partial charge in [0.1, 0.15) is 6.04 Å². The van der Waals surface area contributed by atoms with Crippen LogP contribution in [0.4, 0.5) is 0 Å². The topological polar surface area (TPSA) is 96.9 Å². The molecule has 0 aliphatic carbocycles. The maximum Gasteiger partial charge on any atom is 0.226 e. The van der Waals surface area contributed by atoms with E-state index in [9.17, 15) is 4.79 Å². The van der Waals surface area contributed by atoms with Crippen molar-refractivity contribution in [1.29, 1.82) is 0 Å². The van der Waals surface area contributed by atoms with Crippen LogP contribution in [0.15, 0.2) is 35.5 Å². The number of oxime groups is 1. The first-order valence-corrected chi connectivity index (χ1v) is 6.13. The molecule has 2 rings (SSSR count). The molecule has 1 aromatic carbocycles. The zero-order valence-corrected chi connectivity index (χ0v) is 10.5. The number of amides is 1. The molecule has 1 aliphatic heterocycles. The average Bonchev–Trinajstić information content (AvgIpc) is 2.99. The van der Waals surface area contributed by atoms with Crippen LogP contribution in [0.5, 0.6) is 0 Å². The summed E-state index contributed by atoms with van der Waals surface area (Å²) in [7, 11) is 0. The highest BCUT2D eigenvalue weighted by molar-refractivity contribution is 5.91. The smallest absolute Gasteiger partial charge is 0.226 e. The lowest BCUT2D eigenvalue weighted by Crippen LogP contribution is -2.40. The van der Waals surface area contributed by atoms with E-state index in [1.54, 1.807) is 0 Å². The summed E-state index contributed by atoms with van der Waals surface area (Å²) < 4.78 is 5.18. The van der Waals surface area contributed by atoms with E-state index in [-0.39, 0.29) is 17.7 Å². The Morgan fingerprint density at radius 2 is 2.21 bits per heavy atom. The Labute approximate surface area is 111 Å². The molecule has 1 fully saturated rings. The molecule has 0 spiro atoms. The fraction of sp³-hybridized carbons (Fsp3) is 0.385. The van der Waals surface area contributed by atoms with Crippen LogP contribution in [0.3, 0.4) is 0 Å². The maximum absolute atomic E-state index is 12.1. The van der Waals surface area contributed by atoms with Crippen molar-refractivity contribution in [3.8, 4) is 0 Å². The summed E-state index contributed by atoms with van der Waals surface area (Å²) in [4.78, 5) is 12.1. The van der Waals surface area contributed by atoms with E-state index in [2.05, 4.69) is 10.5 Å². The lowest BCUT2D eigenvalue weighted by atomic mass is 10.0. The van der Waals surface area contributed by atoms with E-state index in [0.717, 1.165) is 5.56 Å². The van der Waals surface area contributed by atoms with E-state index in [1.807, 2.05) is 30.3 Å². The van der Waals surface area contributed by atoms with E-state index in [1.165, 1.54) is 0 Å². The van der Waals surface area contributed by atoms with Crippen LogP contribution in [0.1, 0.15) is 18.0 Å². The van der Waals surface area contributed by atoms with Gasteiger partial charge in [-0.05, 0) is 12.0 Å². The summed E-state index contributed by atoms with van der Waals surface area (Å²) in [5.41, 5.74) is 6.42. The molecule has 102 valence electrons. The van der Waals surface area contributed by atoms with Gasteiger partial charge in [0.15, 0.2) is 5.84 Å². The lowest BCUT2D eigenvalue weighted by Gasteiger charge is -2.19. The van der Waals surface area contributed by atoms with Crippen molar-refractivity contribution in [2.75, 3.05) is 13.2 Å². The minimum Gasteiger partial charge on any atom is -0.409 e. The van der Waals surface area contributed by atoms with Gasteiger partial charge >= 0.3 is 0 Å². The summed E-state index contributed by atoms with van der Waals surface area (Å²) in [5, 5.41) is 14.6. The first-order valence-electron chi connectivity index (χ1n) is 6.13. The highest BCUT2D eigenvalue weighted by Crippen LogP contribution is 2.17. The first kappa shape index (κ1) is 13.4. The van der Waals surface area contributed by atoms with Gasteiger partial charge in [0.25, 0.3) is 0 Å². The number of amidine groups is 1. The fourth-order valence-electron chi connectivity index (χ4n) is 2.03. The van der Waals surface area contributed by atoms with Crippen LogP contribution in [-0.4, -0.2) is 30.2 Å². The van der Waals surface area contributed by atoms with Crippen molar-refractivity contribution < 1.29 is 14.7 Å². The van der Waals surface area contributed by atoms with Gasteiger partial charge in [-0.3, -0.25) is 4.79 Å². The van der Waals surface area contributed by atoms with Gasteiger partial charge in [0, 0.05) is 6.61 Å². The largest absolute Gasteiger partial charge is 0.409 e. The summed E-state index contributed by atoms with van der Waals surface area (Å²) in [6, 6.07) is 8.52. The second-order valence-electron chi connectivity index (χ2n) is 4.44. The molecule has 6 nitrogen and oxygen atoms in total. The number of ether oxygens (including phenoxy) is 1. The second kappa shape index (κ2) is 6.19. The third kappa shape index (κ3) is 3.23. The summed E-state index contributed by atoms with van der Waals surface area (Å²) in [6.45, 7) is 1.02. The fourth-order valence-corrected chi connectivity index (χ4v) is 2.03. The minimum atomic E-state index is -0.626. The summed E-state index contributed by atoms with van der Waals surface area (Å²) >= 11 is 0. The van der Waals surface area contributed by atoms with Crippen LogP contribution in [-0.2, 0) is 9.53 Å². The molecule has 0 bridgehead atoms. The normalized spacial score (nSPS) is 21.1. The molecule has 19 heavy (non-hydrogen) atoms. The molecule has 1 amide bonds. The van der Waals surface area contributed by atoms with Crippen molar-refractivity contribution >= 4 is 11.7 Å². The molecule has 1 heterocycles. The van der Waals surface area contributed by atoms with Crippen molar-refractivity contribution in [2.45, 2.75) is 12.5 Å². The van der Waals surface area contributed by atoms with E-state index in [0.29, 0.717) is 19.6 Å². The summed E-state index contributed by atoms with van der Waals surface area (Å²) in [6.07, 6.45) is 0.698. The van der Waals surface area contributed by atoms with Crippen LogP contribution in [0.25, 0.3) is 0 Å². The molecule has 6 heteroatoms. The number of nitrogens with one attached hydrogen (secondary N) is 1. The third-order valence-corrected chi connectivity index (χ3v) is 3.13. The predicted molar refractivity (Wildman–Crippen MR) is 69.7 cm³/mol. The zero-order valence-electron chi connectivity index (χ0n) is 10.5. The van der Waals surface area contributed by atoms with Crippen molar-refractivity contribution in [3.63, 3.8) is 0 Å². The number of nitrogens with two attached hydrogens (primary N) is 1. The minimum absolute atomic E-state index is 0.0431. The van der Waals surface area contributed by atoms with Gasteiger partial charge in [-0.2, -0.15) is 0 Å². The molecule has 1 aromatic rings. The highest BCUT2D eigenvalue weighted by atomic mass is 16.5. The molecule has 0 saturated carbocycles. The van der Waals surface area contributed by atoms with Gasteiger partial charge in [0.05, 0.1) is 12.5 Å². The number of carbonyl (C=O) groups is 1. The molecular formula is C13H17N3O3. The van der Waals surface area contributed by atoms with E-state index in [4.69, 9.17) is 15.7 Å². The Hall–Kier alpha value is -2.08. The van der Waals surface area contributed by atoms with Crippen molar-refractivity contribution in [1.82, 2.24) is 5.32 Å². The average molecular weight is 263 g/mol. The van der Waals surface area contributed by atoms with Gasteiger partial charge in [-0.15, -0.1) is 0 Å². The van der Waals surface area contributed by atoms with Gasteiger partial charge in [0.2, 0.25) is 5.91 Å². The number of nitrogens with zero attached hydrogens (tertiary/aromatic N) is 1. The van der Waals surface area contributed by atoms with Crippen LogP contribution >= 0.6 is 0 Å². The first-order chi connectivity index (χ1) is 9.22. The number of hydrogen-bond acceptors (Lipinski definition) is 4. The second-order valence-corrected chi connectivity index (χ2v) is 4.44. The van der Waals surface area contributed by atoms with Crippen LogP contribution in [0, 0.1) is 5.92 Å². The number of hydrogen-bond donors (Lipinski definition) is 3. The molecule has 0 aromatic heterocycles. The predicted octanol–water partition coefficient (Wildman–Crippen LogP) is 0.627. The molecule has 0 radical (unpaired) electrons. The number of rotatable bonds is 4. The molecule has 1 saturated heterocycles. The quantitative estimate of drug-likeness (QED) is 0.321. The van der Waals surface area contributed by atoms with Crippen LogP contribution in [0.2, 0.25) is 0 Å².